The molecule has 1 atom stereocenters. The summed E-state index contributed by atoms with van der Waals surface area (Å²) in [6.07, 6.45) is 0. The van der Waals surface area contributed by atoms with Crippen molar-refractivity contribution in [1.82, 2.24) is 5.32 Å². The molecule has 0 saturated heterocycles. The second-order valence-corrected chi connectivity index (χ2v) is 4.65. The lowest BCUT2D eigenvalue weighted by atomic mass is 10.0. The third kappa shape index (κ3) is 4.00. The maximum absolute atomic E-state index is 12.9. The number of nitrogens with zero attached hydrogens (tertiary/aromatic N) is 1. The summed E-state index contributed by atoms with van der Waals surface area (Å²) in [5.74, 6) is 0.397. The van der Waals surface area contributed by atoms with Gasteiger partial charge in [-0.15, -0.1) is 0 Å². The van der Waals surface area contributed by atoms with E-state index < -0.39 is 0 Å². The molecular formula is C14H23FN2. The fourth-order valence-electron chi connectivity index (χ4n) is 1.94. The maximum Gasteiger partial charge on any atom is 0.123 e. The van der Waals surface area contributed by atoms with Crippen LogP contribution in [0.2, 0.25) is 0 Å². The van der Waals surface area contributed by atoms with Crippen molar-refractivity contribution in [1.29, 1.82) is 0 Å². The molecular weight excluding hydrogens is 215 g/mol. The van der Waals surface area contributed by atoms with Gasteiger partial charge in [0.15, 0.2) is 0 Å². The topological polar surface area (TPSA) is 15.3 Å². The summed E-state index contributed by atoms with van der Waals surface area (Å²) in [7, 11) is 1.99. The van der Waals surface area contributed by atoms with Crippen LogP contribution < -0.4 is 10.2 Å². The number of anilines is 1. The molecule has 1 N–H and O–H groups in total. The highest BCUT2D eigenvalue weighted by Crippen LogP contribution is 2.16. The molecule has 0 aliphatic carbocycles. The van der Waals surface area contributed by atoms with E-state index in [0.29, 0.717) is 12.0 Å². The van der Waals surface area contributed by atoms with Crippen molar-refractivity contribution in [3.63, 3.8) is 0 Å². The van der Waals surface area contributed by atoms with Gasteiger partial charge in [0.1, 0.15) is 5.82 Å². The molecule has 0 amide bonds. The van der Waals surface area contributed by atoms with Gasteiger partial charge in [-0.3, -0.25) is 0 Å². The number of likely N-dealkylation sites (N-methyl/N-ethyl adjacent to an activating group) is 2. The molecule has 0 aliphatic heterocycles. The average Bonchev–Trinajstić information content (AvgIpc) is 2.32. The van der Waals surface area contributed by atoms with Gasteiger partial charge in [-0.05, 0) is 44.2 Å². The third-order valence-electron chi connectivity index (χ3n) is 3.17. The van der Waals surface area contributed by atoms with Gasteiger partial charge in [0, 0.05) is 24.8 Å². The minimum atomic E-state index is -0.182. The number of nitrogens with one attached hydrogen (secondary N) is 1. The standard InChI is InChI=1S/C14H23FN2/c1-5-17(10-14(16-4)11(2)3)13-8-6-12(15)7-9-13/h6-9,11,14,16H,5,10H2,1-4H3. The van der Waals surface area contributed by atoms with Gasteiger partial charge in [-0.25, -0.2) is 4.39 Å². The fourth-order valence-corrected chi connectivity index (χ4v) is 1.94. The van der Waals surface area contributed by atoms with E-state index in [-0.39, 0.29) is 5.82 Å². The van der Waals surface area contributed by atoms with Gasteiger partial charge in [-0.2, -0.15) is 0 Å². The molecule has 1 aromatic carbocycles. The van der Waals surface area contributed by atoms with E-state index in [9.17, 15) is 4.39 Å². The molecule has 0 heterocycles. The number of halogens is 1. The van der Waals surface area contributed by atoms with Crippen LogP contribution in [0.15, 0.2) is 24.3 Å². The first kappa shape index (κ1) is 14.0. The zero-order valence-corrected chi connectivity index (χ0v) is 11.2. The normalized spacial score (nSPS) is 12.8. The highest BCUT2D eigenvalue weighted by atomic mass is 19.1. The summed E-state index contributed by atoms with van der Waals surface area (Å²) < 4.78 is 12.9. The lowest BCUT2D eigenvalue weighted by molar-refractivity contribution is 0.425. The van der Waals surface area contributed by atoms with E-state index in [2.05, 4.69) is 31.0 Å². The Kier molecular flexibility index (Phi) is 5.42. The first-order valence-electron chi connectivity index (χ1n) is 6.26. The molecule has 0 spiro atoms. The summed E-state index contributed by atoms with van der Waals surface area (Å²) in [5.41, 5.74) is 1.08. The Morgan fingerprint density at radius 1 is 1.24 bits per heavy atom. The van der Waals surface area contributed by atoms with Gasteiger partial charge in [-0.1, -0.05) is 13.8 Å². The van der Waals surface area contributed by atoms with Gasteiger partial charge in [0.05, 0.1) is 0 Å². The monoisotopic (exact) mass is 238 g/mol. The molecule has 3 heteroatoms. The zero-order valence-electron chi connectivity index (χ0n) is 11.2. The van der Waals surface area contributed by atoms with Gasteiger partial charge < -0.3 is 10.2 Å². The average molecular weight is 238 g/mol. The second kappa shape index (κ2) is 6.60. The van der Waals surface area contributed by atoms with E-state index in [1.165, 1.54) is 12.1 Å². The fraction of sp³-hybridized carbons (Fsp3) is 0.571. The van der Waals surface area contributed by atoms with E-state index in [0.717, 1.165) is 18.8 Å². The van der Waals surface area contributed by atoms with E-state index in [1.54, 1.807) is 0 Å². The van der Waals surface area contributed by atoms with Crippen molar-refractivity contribution in [2.45, 2.75) is 26.8 Å². The highest BCUT2D eigenvalue weighted by Gasteiger charge is 2.15. The Hall–Kier alpha value is -1.09. The van der Waals surface area contributed by atoms with Crippen LogP contribution in [-0.2, 0) is 0 Å². The molecule has 0 fully saturated rings. The summed E-state index contributed by atoms with van der Waals surface area (Å²) >= 11 is 0. The van der Waals surface area contributed by atoms with Crippen LogP contribution >= 0.6 is 0 Å². The van der Waals surface area contributed by atoms with Crippen LogP contribution in [0.1, 0.15) is 20.8 Å². The van der Waals surface area contributed by atoms with Crippen molar-refractivity contribution in [3.05, 3.63) is 30.1 Å². The third-order valence-corrected chi connectivity index (χ3v) is 3.17. The molecule has 2 nitrogen and oxygen atoms in total. The molecule has 0 bridgehead atoms. The van der Waals surface area contributed by atoms with Crippen molar-refractivity contribution >= 4 is 5.69 Å². The van der Waals surface area contributed by atoms with Crippen molar-refractivity contribution in [3.8, 4) is 0 Å². The Balaban J connectivity index is 2.74. The predicted octanol–water partition coefficient (Wildman–Crippen LogP) is 2.90. The van der Waals surface area contributed by atoms with Crippen molar-refractivity contribution in [2.75, 3.05) is 25.0 Å². The molecule has 1 aromatic rings. The maximum atomic E-state index is 12.9. The van der Waals surface area contributed by atoms with Gasteiger partial charge in [0.25, 0.3) is 0 Å². The molecule has 1 rings (SSSR count). The molecule has 0 saturated carbocycles. The molecule has 1 unspecified atom stereocenters. The minimum Gasteiger partial charge on any atom is -0.370 e. The quantitative estimate of drug-likeness (QED) is 0.820. The Labute approximate surface area is 104 Å². The van der Waals surface area contributed by atoms with Gasteiger partial charge in [0.2, 0.25) is 0 Å². The Morgan fingerprint density at radius 2 is 1.82 bits per heavy atom. The second-order valence-electron chi connectivity index (χ2n) is 4.65. The lowest BCUT2D eigenvalue weighted by Crippen LogP contribution is -2.42. The van der Waals surface area contributed by atoms with E-state index in [1.807, 2.05) is 19.2 Å². The Bertz CT molecular complexity index is 321. The zero-order chi connectivity index (χ0) is 12.8. The van der Waals surface area contributed by atoms with Crippen LogP contribution in [-0.4, -0.2) is 26.2 Å². The van der Waals surface area contributed by atoms with Crippen LogP contribution in [0.4, 0.5) is 10.1 Å². The largest absolute Gasteiger partial charge is 0.370 e. The first-order valence-corrected chi connectivity index (χ1v) is 6.26. The summed E-state index contributed by atoms with van der Waals surface area (Å²) in [4.78, 5) is 2.26. The molecule has 0 radical (unpaired) electrons. The van der Waals surface area contributed by atoms with Crippen molar-refractivity contribution in [2.24, 2.45) is 5.92 Å². The number of rotatable bonds is 6. The van der Waals surface area contributed by atoms with Crippen LogP contribution in [0, 0.1) is 11.7 Å². The van der Waals surface area contributed by atoms with Crippen molar-refractivity contribution < 1.29 is 4.39 Å². The smallest absolute Gasteiger partial charge is 0.123 e. The highest BCUT2D eigenvalue weighted by molar-refractivity contribution is 5.46. The van der Waals surface area contributed by atoms with Crippen LogP contribution in [0.25, 0.3) is 0 Å². The minimum absolute atomic E-state index is 0.182. The molecule has 17 heavy (non-hydrogen) atoms. The predicted molar refractivity (Wildman–Crippen MR) is 72.0 cm³/mol. The number of hydrogen-bond acceptors (Lipinski definition) is 2. The summed E-state index contributed by atoms with van der Waals surface area (Å²) in [6.45, 7) is 8.41. The molecule has 96 valence electrons. The lowest BCUT2D eigenvalue weighted by Gasteiger charge is -2.30. The summed E-state index contributed by atoms with van der Waals surface area (Å²) in [5, 5.41) is 3.33. The first-order chi connectivity index (χ1) is 8.08. The van der Waals surface area contributed by atoms with E-state index >= 15 is 0 Å². The van der Waals surface area contributed by atoms with Crippen LogP contribution in [0.5, 0.6) is 0 Å². The molecule has 0 aliphatic rings. The Morgan fingerprint density at radius 3 is 2.24 bits per heavy atom. The SMILES string of the molecule is CCN(CC(NC)C(C)C)c1ccc(F)cc1. The molecule has 0 aromatic heterocycles. The van der Waals surface area contributed by atoms with Gasteiger partial charge >= 0.3 is 0 Å². The van der Waals surface area contributed by atoms with E-state index in [4.69, 9.17) is 0 Å². The number of hydrogen-bond donors (Lipinski definition) is 1. The number of benzene rings is 1. The van der Waals surface area contributed by atoms with Crippen LogP contribution in [0.3, 0.4) is 0 Å². The summed E-state index contributed by atoms with van der Waals surface area (Å²) in [6, 6.07) is 7.15.